The Morgan fingerprint density at radius 1 is 1.15 bits per heavy atom. The van der Waals surface area contributed by atoms with Crippen LogP contribution in [0.1, 0.15) is 16.7 Å². The van der Waals surface area contributed by atoms with E-state index >= 15 is 0 Å². The molecule has 2 rings (SSSR count). The fourth-order valence-electron chi connectivity index (χ4n) is 2.83. The van der Waals surface area contributed by atoms with Crippen LogP contribution >= 0.6 is 11.6 Å². The minimum Gasteiger partial charge on any atom is -0.497 e. The molecule has 0 unspecified atom stereocenters. The number of hydrogen-bond acceptors (Lipinski definition) is 4. The number of ether oxygens (including phenoxy) is 2. The van der Waals surface area contributed by atoms with Gasteiger partial charge in [0, 0.05) is 18.2 Å². The highest BCUT2D eigenvalue weighted by atomic mass is 35.5. The molecule has 5 nitrogen and oxygen atoms in total. The number of nitrogens with one attached hydrogen (secondary N) is 1. The molecule has 2 aromatic carbocycles. The molecular weight excluding hydrogens is 352 g/mol. The zero-order chi connectivity index (χ0) is 19.3. The highest BCUT2D eigenvalue weighted by Gasteiger charge is 2.13. The van der Waals surface area contributed by atoms with Gasteiger partial charge in [-0.2, -0.15) is 0 Å². The summed E-state index contributed by atoms with van der Waals surface area (Å²) in [5.41, 5.74) is 3.66. The average Bonchev–Trinajstić information content (AvgIpc) is 2.58. The van der Waals surface area contributed by atoms with Gasteiger partial charge in [0.1, 0.15) is 11.5 Å². The summed E-state index contributed by atoms with van der Waals surface area (Å²) < 4.78 is 10.6. The third kappa shape index (κ3) is 5.13. The second-order valence-corrected chi connectivity index (χ2v) is 6.74. The first-order valence-electron chi connectivity index (χ1n) is 8.30. The van der Waals surface area contributed by atoms with E-state index < -0.39 is 0 Å². The van der Waals surface area contributed by atoms with E-state index in [0.717, 1.165) is 28.2 Å². The average molecular weight is 377 g/mol. The summed E-state index contributed by atoms with van der Waals surface area (Å²) in [6, 6.07) is 9.48. The first-order valence-corrected chi connectivity index (χ1v) is 8.68. The number of halogens is 1. The van der Waals surface area contributed by atoms with Gasteiger partial charge in [-0.3, -0.25) is 9.69 Å². The summed E-state index contributed by atoms with van der Waals surface area (Å²) in [5.74, 6) is 1.35. The van der Waals surface area contributed by atoms with Crippen molar-refractivity contribution in [1.82, 2.24) is 4.90 Å². The van der Waals surface area contributed by atoms with Gasteiger partial charge in [-0.15, -0.1) is 0 Å². The lowest BCUT2D eigenvalue weighted by molar-refractivity contribution is -0.117. The smallest absolute Gasteiger partial charge is 0.238 e. The molecule has 0 aliphatic heterocycles. The Morgan fingerprint density at radius 2 is 1.88 bits per heavy atom. The lowest BCUT2D eigenvalue weighted by atomic mass is 10.1. The van der Waals surface area contributed by atoms with Crippen LogP contribution in [0, 0.1) is 13.8 Å². The molecule has 0 aliphatic carbocycles. The van der Waals surface area contributed by atoms with Gasteiger partial charge in [-0.05, 0) is 44.2 Å². The van der Waals surface area contributed by atoms with E-state index in [1.54, 1.807) is 14.2 Å². The number of likely N-dealkylation sites (N-methyl/N-ethyl adjacent to an activating group) is 1. The zero-order valence-corrected chi connectivity index (χ0v) is 16.6. The molecule has 6 heteroatoms. The van der Waals surface area contributed by atoms with E-state index in [-0.39, 0.29) is 12.5 Å². The minimum absolute atomic E-state index is 0.117. The Morgan fingerprint density at radius 3 is 2.50 bits per heavy atom. The van der Waals surface area contributed by atoms with E-state index in [0.29, 0.717) is 17.3 Å². The number of benzene rings is 2. The summed E-state index contributed by atoms with van der Waals surface area (Å²) in [5, 5.41) is 3.46. The number of amides is 1. The number of methoxy groups -OCH3 is 2. The van der Waals surface area contributed by atoms with E-state index in [4.69, 9.17) is 21.1 Å². The van der Waals surface area contributed by atoms with Crippen molar-refractivity contribution in [3.8, 4) is 11.5 Å². The zero-order valence-electron chi connectivity index (χ0n) is 15.9. The molecule has 0 atom stereocenters. The van der Waals surface area contributed by atoms with Gasteiger partial charge < -0.3 is 14.8 Å². The lowest BCUT2D eigenvalue weighted by Gasteiger charge is -2.19. The molecule has 0 saturated heterocycles. The van der Waals surface area contributed by atoms with Crippen LogP contribution in [0.5, 0.6) is 11.5 Å². The molecule has 0 aromatic heterocycles. The number of anilines is 1. The lowest BCUT2D eigenvalue weighted by Crippen LogP contribution is -2.30. The second-order valence-electron chi connectivity index (χ2n) is 6.34. The van der Waals surface area contributed by atoms with Crippen molar-refractivity contribution >= 4 is 23.2 Å². The van der Waals surface area contributed by atoms with Crippen LogP contribution in [0.4, 0.5) is 5.69 Å². The maximum atomic E-state index is 12.4. The summed E-state index contributed by atoms with van der Waals surface area (Å²) in [6.07, 6.45) is 0. The van der Waals surface area contributed by atoms with Crippen LogP contribution in [-0.2, 0) is 11.3 Å². The molecule has 0 aliphatic rings. The molecule has 0 heterocycles. The van der Waals surface area contributed by atoms with Crippen molar-refractivity contribution in [3.63, 3.8) is 0 Å². The number of carbonyl (C=O) groups excluding carboxylic acids is 1. The van der Waals surface area contributed by atoms with Gasteiger partial charge in [-0.25, -0.2) is 0 Å². The van der Waals surface area contributed by atoms with E-state index in [2.05, 4.69) is 5.32 Å². The largest absolute Gasteiger partial charge is 0.497 e. The van der Waals surface area contributed by atoms with Gasteiger partial charge in [0.2, 0.25) is 5.91 Å². The molecule has 26 heavy (non-hydrogen) atoms. The molecule has 0 fully saturated rings. The van der Waals surface area contributed by atoms with Crippen LogP contribution in [0.25, 0.3) is 0 Å². The van der Waals surface area contributed by atoms with Gasteiger partial charge in [0.15, 0.2) is 0 Å². The summed E-state index contributed by atoms with van der Waals surface area (Å²) in [7, 11) is 5.11. The van der Waals surface area contributed by atoms with Crippen molar-refractivity contribution in [3.05, 3.63) is 52.0 Å². The van der Waals surface area contributed by atoms with Crippen molar-refractivity contribution < 1.29 is 14.3 Å². The fourth-order valence-corrected chi connectivity index (χ4v) is 3.20. The normalized spacial score (nSPS) is 10.7. The first-order chi connectivity index (χ1) is 12.3. The molecular formula is C20H25ClN2O3. The highest BCUT2D eigenvalue weighted by molar-refractivity contribution is 6.34. The molecule has 2 aromatic rings. The SMILES string of the molecule is COc1ccc(CN(C)CC(=O)Nc2c(C)cc(C)cc2Cl)c(OC)c1. The Kier molecular flexibility index (Phi) is 6.89. The maximum absolute atomic E-state index is 12.4. The topological polar surface area (TPSA) is 50.8 Å². The summed E-state index contributed by atoms with van der Waals surface area (Å²) in [4.78, 5) is 14.3. The van der Waals surface area contributed by atoms with E-state index in [1.807, 2.05) is 56.1 Å². The molecule has 140 valence electrons. The van der Waals surface area contributed by atoms with Gasteiger partial charge in [-0.1, -0.05) is 23.7 Å². The molecule has 0 saturated carbocycles. The Bertz CT molecular complexity index is 770. The molecule has 0 radical (unpaired) electrons. The number of rotatable bonds is 7. The molecule has 0 bridgehead atoms. The van der Waals surface area contributed by atoms with Gasteiger partial charge in [0.25, 0.3) is 0 Å². The molecule has 1 amide bonds. The standard InChI is InChI=1S/C20H25ClN2O3/c1-13-8-14(2)20(17(21)9-13)22-19(24)12-23(3)11-15-6-7-16(25-4)10-18(15)26-5/h6-10H,11-12H2,1-5H3,(H,22,24). The Balaban J connectivity index is 2.02. The van der Waals surface area contributed by atoms with Crippen molar-refractivity contribution in [1.29, 1.82) is 0 Å². The third-order valence-electron chi connectivity index (χ3n) is 4.04. The Labute approximate surface area is 159 Å². The predicted octanol–water partition coefficient (Wildman–Crippen LogP) is 4.04. The van der Waals surface area contributed by atoms with Crippen LogP contribution in [0.15, 0.2) is 30.3 Å². The van der Waals surface area contributed by atoms with Crippen molar-refractivity contribution in [2.75, 3.05) is 33.1 Å². The first kappa shape index (κ1) is 20.1. The number of carbonyl (C=O) groups is 1. The van der Waals surface area contributed by atoms with Crippen LogP contribution < -0.4 is 14.8 Å². The Hall–Kier alpha value is -2.24. The van der Waals surface area contributed by atoms with E-state index in [1.165, 1.54) is 0 Å². The van der Waals surface area contributed by atoms with Crippen LogP contribution in [0.2, 0.25) is 5.02 Å². The monoisotopic (exact) mass is 376 g/mol. The predicted molar refractivity (Wildman–Crippen MR) is 105 cm³/mol. The highest BCUT2D eigenvalue weighted by Crippen LogP contribution is 2.28. The van der Waals surface area contributed by atoms with Crippen LogP contribution in [0.3, 0.4) is 0 Å². The summed E-state index contributed by atoms with van der Waals surface area (Å²) >= 11 is 6.26. The second kappa shape index (κ2) is 8.92. The van der Waals surface area contributed by atoms with Crippen molar-refractivity contribution in [2.24, 2.45) is 0 Å². The number of hydrogen-bond donors (Lipinski definition) is 1. The van der Waals surface area contributed by atoms with Crippen LogP contribution in [-0.4, -0.2) is 38.6 Å². The number of aryl methyl sites for hydroxylation is 2. The molecule has 0 spiro atoms. The van der Waals surface area contributed by atoms with E-state index in [9.17, 15) is 4.79 Å². The van der Waals surface area contributed by atoms with Gasteiger partial charge in [0.05, 0.1) is 31.5 Å². The molecule has 1 N–H and O–H groups in total. The summed E-state index contributed by atoms with van der Waals surface area (Å²) in [6.45, 7) is 4.71. The quantitative estimate of drug-likeness (QED) is 0.792. The van der Waals surface area contributed by atoms with Gasteiger partial charge >= 0.3 is 0 Å². The van der Waals surface area contributed by atoms with Crippen molar-refractivity contribution in [2.45, 2.75) is 20.4 Å². The minimum atomic E-state index is -0.117. The fraction of sp³-hybridized carbons (Fsp3) is 0.350. The maximum Gasteiger partial charge on any atom is 0.238 e. The third-order valence-corrected chi connectivity index (χ3v) is 4.34. The number of nitrogens with zero attached hydrogens (tertiary/aromatic N) is 1.